The maximum Gasteiger partial charge on any atom is 0.123 e. The van der Waals surface area contributed by atoms with Gasteiger partial charge in [0.2, 0.25) is 0 Å². The Morgan fingerprint density at radius 1 is 1.50 bits per heavy atom. The van der Waals surface area contributed by atoms with E-state index in [-0.39, 0.29) is 0 Å². The Kier molecular flexibility index (Phi) is 2.59. The molecule has 1 atom stereocenters. The quantitative estimate of drug-likeness (QED) is 0.752. The van der Waals surface area contributed by atoms with Crippen LogP contribution in [0.2, 0.25) is 0 Å². The smallest absolute Gasteiger partial charge is 0.123 e. The predicted octanol–water partition coefficient (Wildman–Crippen LogP) is 1.83. The summed E-state index contributed by atoms with van der Waals surface area (Å²) < 4.78 is 5.26. The van der Waals surface area contributed by atoms with E-state index in [9.17, 15) is 5.11 Å². The average molecular weight is 193 g/mol. The van der Waals surface area contributed by atoms with Gasteiger partial charge in [-0.3, -0.25) is 0 Å². The molecule has 1 heterocycles. The molecule has 0 radical (unpaired) electrons. The fraction of sp³-hybridized carbons (Fsp3) is 0.455. The molecule has 1 aromatic rings. The van der Waals surface area contributed by atoms with Crippen LogP contribution in [0.4, 0.5) is 0 Å². The molecule has 0 saturated carbocycles. The van der Waals surface area contributed by atoms with Crippen molar-refractivity contribution in [3.8, 4) is 11.5 Å². The van der Waals surface area contributed by atoms with Crippen LogP contribution in [0, 0.1) is 0 Å². The molecule has 2 N–H and O–H groups in total. The van der Waals surface area contributed by atoms with Gasteiger partial charge in [-0.1, -0.05) is 0 Å². The van der Waals surface area contributed by atoms with Crippen molar-refractivity contribution in [2.75, 3.05) is 13.7 Å². The molecule has 3 nitrogen and oxygen atoms in total. The lowest BCUT2D eigenvalue weighted by atomic mass is 10.0. The number of nitrogens with one attached hydrogen (secondary N) is 1. The Bertz CT molecular complexity index is 319. The van der Waals surface area contributed by atoms with Crippen LogP contribution in [-0.2, 0) is 0 Å². The number of rotatable bonds is 2. The van der Waals surface area contributed by atoms with Crippen LogP contribution in [0.15, 0.2) is 18.2 Å². The van der Waals surface area contributed by atoms with Gasteiger partial charge in [0, 0.05) is 11.6 Å². The van der Waals surface area contributed by atoms with E-state index in [1.165, 1.54) is 6.42 Å². The molecule has 1 aromatic carbocycles. The molecule has 0 aromatic heterocycles. The minimum Gasteiger partial charge on any atom is -0.508 e. The second kappa shape index (κ2) is 3.88. The molecule has 1 aliphatic heterocycles. The van der Waals surface area contributed by atoms with Crippen molar-refractivity contribution < 1.29 is 9.84 Å². The first-order valence-electron chi connectivity index (χ1n) is 4.91. The van der Waals surface area contributed by atoms with E-state index in [4.69, 9.17) is 4.74 Å². The minimum absolute atomic E-state index is 0.300. The van der Waals surface area contributed by atoms with E-state index in [2.05, 4.69) is 5.32 Å². The van der Waals surface area contributed by atoms with Gasteiger partial charge in [-0.2, -0.15) is 0 Å². The molecule has 14 heavy (non-hydrogen) atoms. The number of phenolic OH excluding ortho intramolecular Hbond substituents is 1. The molecule has 0 bridgehead atoms. The van der Waals surface area contributed by atoms with Gasteiger partial charge in [-0.15, -0.1) is 0 Å². The molecule has 0 spiro atoms. The molecular formula is C11H15NO2. The van der Waals surface area contributed by atoms with E-state index < -0.39 is 0 Å². The molecule has 0 aliphatic carbocycles. The monoisotopic (exact) mass is 193 g/mol. The summed E-state index contributed by atoms with van der Waals surface area (Å²) in [5.74, 6) is 1.15. The summed E-state index contributed by atoms with van der Waals surface area (Å²) >= 11 is 0. The van der Waals surface area contributed by atoms with Gasteiger partial charge in [-0.05, 0) is 37.6 Å². The lowest BCUT2D eigenvalue weighted by Crippen LogP contribution is -2.13. The second-order valence-corrected chi connectivity index (χ2v) is 3.58. The Labute approximate surface area is 83.7 Å². The highest BCUT2D eigenvalue weighted by Crippen LogP contribution is 2.33. The third-order valence-corrected chi connectivity index (χ3v) is 2.65. The topological polar surface area (TPSA) is 41.5 Å². The number of aromatic hydroxyl groups is 1. The minimum atomic E-state index is 0.300. The van der Waals surface area contributed by atoms with Crippen LogP contribution in [-0.4, -0.2) is 18.8 Å². The van der Waals surface area contributed by atoms with Crippen molar-refractivity contribution in [1.29, 1.82) is 0 Å². The fourth-order valence-corrected chi connectivity index (χ4v) is 1.94. The molecule has 1 unspecified atom stereocenters. The lowest BCUT2D eigenvalue weighted by molar-refractivity contribution is 0.400. The average Bonchev–Trinajstić information content (AvgIpc) is 2.70. The van der Waals surface area contributed by atoms with E-state index in [0.717, 1.165) is 24.3 Å². The van der Waals surface area contributed by atoms with Crippen LogP contribution < -0.4 is 10.1 Å². The van der Waals surface area contributed by atoms with Crippen molar-refractivity contribution in [2.24, 2.45) is 0 Å². The van der Waals surface area contributed by atoms with Crippen molar-refractivity contribution in [3.05, 3.63) is 23.8 Å². The van der Waals surface area contributed by atoms with Gasteiger partial charge in [0.05, 0.1) is 7.11 Å². The first kappa shape index (κ1) is 9.34. The third kappa shape index (κ3) is 1.68. The zero-order chi connectivity index (χ0) is 9.97. The number of methoxy groups -OCH3 is 1. The van der Waals surface area contributed by atoms with Gasteiger partial charge in [0.25, 0.3) is 0 Å². The number of phenols is 1. The van der Waals surface area contributed by atoms with Gasteiger partial charge in [0.15, 0.2) is 0 Å². The van der Waals surface area contributed by atoms with Gasteiger partial charge >= 0.3 is 0 Å². The van der Waals surface area contributed by atoms with E-state index in [1.54, 1.807) is 19.2 Å². The largest absolute Gasteiger partial charge is 0.508 e. The molecule has 76 valence electrons. The highest BCUT2D eigenvalue weighted by molar-refractivity contribution is 5.41. The zero-order valence-corrected chi connectivity index (χ0v) is 8.29. The van der Waals surface area contributed by atoms with Crippen molar-refractivity contribution in [3.63, 3.8) is 0 Å². The first-order valence-corrected chi connectivity index (χ1v) is 4.91. The van der Waals surface area contributed by atoms with Crippen LogP contribution in [0.25, 0.3) is 0 Å². The van der Waals surface area contributed by atoms with Crippen molar-refractivity contribution >= 4 is 0 Å². The summed E-state index contributed by atoms with van der Waals surface area (Å²) in [6.45, 7) is 1.05. The summed E-state index contributed by atoms with van der Waals surface area (Å²) in [7, 11) is 1.66. The SMILES string of the molecule is COc1ccc(O)cc1C1CCCN1. The molecule has 1 saturated heterocycles. The second-order valence-electron chi connectivity index (χ2n) is 3.58. The maximum atomic E-state index is 9.41. The number of hydrogen-bond acceptors (Lipinski definition) is 3. The highest BCUT2D eigenvalue weighted by Gasteiger charge is 2.19. The van der Waals surface area contributed by atoms with E-state index in [0.29, 0.717) is 11.8 Å². The van der Waals surface area contributed by atoms with Crippen LogP contribution >= 0.6 is 0 Å². The standard InChI is InChI=1S/C11H15NO2/c1-14-11-5-4-8(13)7-9(11)10-3-2-6-12-10/h4-5,7,10,12-13H,2-3,6H2,1H3. The third-order valence-electron chi connectivity index (χ3n) is 2.65. The van der Waals surface area contributed by atoms with Gasteiger partial charge in [-0.25, -0.2) is 0 Å². The Morgan fingerprint density at radius 3 is 3.00 bits per heavy atom. The number of ether oxygens (including phenoxy) is 1. The summed E-state index contributed by atoms with van der Waals surface area (Å²) in [5, 5.41) is 12.8. The normalized spacial score (nSPS) is 21.1. The Balaban J connectivity index is 2.33. The molecule has 1 aliphatic rings. The zero-order valence-electron chi connectivity index (χ0n) is 8.29. The summed E-state index contributed by atoms with van der Waals surface area (Å²) in [5.41, 5.74) is 1.06. The molecule has 1 fully saturated rings. The summed E-state index contributed by atoms with van der Waals surface area (Å²) in [6, 6.07) is 5.57. The molecular weight excluding hydrogens is 178 g/mol. The summed E-state index contributed by atoms with van der Waals surface area (Å²) in [4.78, 5) is 0. The predicted molar refractivity (Wildman–Crippen MR) is 54.6 cm³/mol. The van der Waals surface area contributed by atoms with Crippen molar-refractivity contribution in [1.82, 2.24) is 5.32 Å². The summed E-state index contributed by atoms with van der Waals surface area (Å²) in [6.07, 6.45) is 2.29. The van der Waals surface area contributed by atoms with Gasteiger partial charge < -0.3 is 15.2 Å². The lowest BCUT2D eigenvalue weighted by Gasteiger charge is -2.14. The maximum absolute atomic E-state index is 9.41. The van der Waals surface area contributed by atoms with Crippen molar-refractivity contribution in [2.45, 2.75) is 18.9 Å². The van der Waals surface area contributed by atoms with Crippen LogP contribution in [0.1, 0.15) is 24.4 Å². The molecule has 2 rings (SSSR count). The Morgan fingerprint density at radius 2 is 2.36 bits per heavy atom. The van der Waals surface area contributed by atoms with E-state index >= 15 is 0 Å². The number of benzene rings is 1. The Hall–Kier alpha value is -1.22. The van der Waals surface area contributed by atoms with Crippen LogP contribution in [0.5, 0.6) is 11.5 Å². The molecule has 3 heteroatoms. The van der Waals surface area contributed by atoms with E-state index in [1.807, 2.05) is 6.07 Å². The first-order chi connectivity index (χ1) is 6.81. The molecule has 0 amide bonds. The van der Waals surface area contributed by atoms with Gasteiger partial charge in [0.1, 0.15) is 11.5 Å². The fourth-order valence-electron chi connectivity index (χ4n) is 1.94. The van der Waals surface area contributed by atoms with Crippen LogP contribution in [0.3, 0.4) is 0 Å². The number of hydrogen-bond donors (Lipinski definition) is 2. The highest BCUT2D eigenvalue weighted by atomic mass is 16.5.